The first kappa shape index (κ1) is 19.3. The minimum absolute atomic E-state index is 0.0758. The van der Waals surface area contributed by atoms with Crippen molar-refractivity contribution in [2.45, 2.75) is 25.6 Å². The molecule has 3 atom stereocenters. The molecule has 0 radical (unpaired) electrons. The summed E-state index contributed by atoms with van der Waals surface area (Å²) < 4.78 is 8.99. The highest BCUT2D eigenvalue weighted by atomic mass is 79.9. The van der Waals surface area contributed by atoms with Gasteiger partial charge in [0.05, 0.1) is 10.6 Å². The first-order valence-electron chi connectivity index (χ1n) is 9.38. The summed E-state index contributed by atoms with van der Waals surface area (Å²) in [7, 11) is 0. The summed E-state index contributed by atoms with van der Waals surface area (Å²) >= 11 is 4.61. The molecule has 30 heavy (non-hydrogen) atoms. The Labute approximate surface area is 183 Å². The number of para-hydroxylation sites is 1. The molecule has 5 rings (SSSR count). The van der Waals surface area contributed by atoms with Crippen LogP contribution in [0.25, 0.3) is 6.08 Å². The summed E-state index contributed by atoms with van der Waals surface area (Å²) in [6, 6.07) is 12.0. The standard InChI is InChI=1S/C22H17BrN2O4S/c1-11(26)18-19-14-5-3-4-6-16(14)29-22(18,2)24-21-25(19)20(28)17(30-21)10-12-9-13(23)7-8-15(12)27/h3-10,18-19,27H,1-2H3/b17-10-. The summed E-state index contributed by atoms with van der Waals surface area (Å²) in [5.41, 5.74) is -0.0111. The Morgan fingerprint density at radius 2 is 2.10 bits per heavy atom. The number of rotatable bonds is 2. The van der Waals surface area contributed by atoms with Gasteiger partial charge >= 0.3 is 0 Å². The predicted molar refractivity (Wildman–Crippen MR) is 117 cm³/mol. The number of thiazole rings is 1. The number of phenolic OH excluding ortho intramolecular Hbond substituents is 1. The third kappa shape index (κ3) is 2.78. The van der Waals surface area contributed by atoms with E-state index in [0.29, 0.717) is 20.6 Å². The summed E-state index contributed by atoms with van der Waals surface area (Å²) in [5.74, 6) is 0.0102. The van der Waals surface area contributed by atoms with Crippen LogP contribution in [0.5, 0.6) is 11.5 Å². The van der Waals surface area contributed by atoms with E-state index in [1.165, 1.54) is 18.3 Å². The molecule has 8 heteroatoms. The van der Waals surface area contributed by atoms with E-state index in [4.69, 9.17) is 9.73 Å². The van der Waals surface area contributed by atoms with Crippen LogP contribution in [0.15, 0.2) is 56.7 Å². The topological polar surface area (TPSA) is 80.9 Å². The molecule has 1 N–H and O–H groups in total. The number of benzene rings is 2. The number of ether oxygens (including phenoxy) is 1. The van der Waals surface area contributed by atoms with Crippen LogP contribution in [0.2, 0.25) is 0 Å². The molecule has 2 aliphatic rings. The Morgan fingerprint density at radius 3 is 2.87 bits per heavy atom. The molecular weight excluding hydrogens is 468 g/mol. The number of aromatic hydroxyl groups is 1. The van der Waals surface area contributed by atoms with Crippen LogP contribution in [-0.4, -0.2) is 21.2 Å². The third-order valence-corrected chi connectivity index (χ3v) is 7.07. The fourth-order valence-corrected chi connectivity index (χ4v) is 5.81. The van der Waals surface area contributed by atoms with Crippen molar-refractivity contribution in [2.24, 2.45) is 10.9 Å². The van der Waals surface area contributed by atoms with E-state index in [-0.39, 0.29) is 17.1 Å². The van der Waals surface area contributed by atoms with E-state index in [1.807, 2.05) is 24.3 Å². The largest absolute Gasteiger partial charge is 0.507 e. The molecule has 0 spiro atoms. The van der Waals surface area contributed by atoms with Crippen molar-refractivity contribution in [1.29, 1.82) is 0 Å². The number of nitrogens with zero attached hydrogens (tertiary/aromatic N) is 2. The van der Waals surface area contributed by atoms with Crippen LogP contribution >= 0.6 is 27.3 Å². The number of phenols is 1. The van der Waals surface area contributed by atoms with Gasteiger partial charge in [-0.15, -0.1) is 0 Å². The number of ketones is 1. The second-order valence-corrected chi connectivity index (χ2v) is 9.54. The van der Waals surface area contributed by atoms with Gasteiger partial charge in [0.15, 0.2) is 4.80 Å². The maximum absolute atomic E-state index is 13.4. The third-order valence-electron chi connectivity index (χ3n) is 5.59. The molecule has 0 amide bonds. The molecule has 152 valence electrons. The van der Waals surface area contributed by atoms with E-state index in [1.54, 1.807) is 35.8 Å². The fourth-order valence-electron chi connectivity index (χ4n) is 4.34. The molecule has 0 saturated carbocycles. The SMILES string of the molecule is CC(=O)C1C2c3ccccc3OC1(C)N=c1s/c(=C\c3cc(Br)ccc3O)c(=O)n12. The monoisotopic (exact) mass is 484 g/mol. The Balaban J connectivity index is 1.82. The summed E-state index contributed by atoms with van der Waals surface area (Å²) in [6.07, 6.45) is 1.65. The van der Waals surface area contributed by atoms with Crippen LogP contribution in [0.3, 0.4) is 0 Å². The first-order valence-corrected chi connectivity index (χ1v) is 11.0. The second kappa shape index (κ2) is 6.65. The lowest BCUT2D eigenvalue weighted by Gasteiger charge is -2.45. The zero-order valence-corrected chi connectivity index (χ0v) is 18.5. The number of carbonyl (C=O) groups excluding carboxylic acids is 1. The number of hydrogen-bond donors (Lipinski definition) is 1. The molecule has 3 unspecified atom stereocenters. The molecule has 0 fully saturated rings. The minimum atomic E-state index is -1.09. The Hall–Kier alpha value is -2.71. The highest BCUT2D eigenvalue weighted by molar-refractivity contribution is 9.10. The molecular formula is C22H17BrN2O4S. The van der Waals surface area contributed by atoms with Gasteiger partial charge in [-0.2, -0.15) is 0 Å². The predicted octanol–water partition coefficient (Wildman–Crippen LogP) is 2.74. The van der Waals surface area contributed by atoms with Crippen molar-refractivity contribution in [3.8, 4) is 11.5 Å². The molecule has 3 aromatic rings. The van der Waals surface area contributed by atoms with Crippen molar-refractivity contribution in [2.75, 3.05) is 0 Å². The summed E-state index contributed by atoms with van der Waals surface area (Å²) in [6.45, 7) is 3.30. The second-order valence-electron chi connectivity index (χ2n) is 7.61. The van der Waals surface area contributed by atoms with Gasteiger partial charge in [-0.3, -0.25) is 14.2 Å². The zero-order valence-electron chi connectivity index (χ0n) is 16.1. The van der Waals surface area contributed by atoms with Gasteiger partial charge in [0.1, 0.15) is 23.2 Å². The van der Waals surface area contributed by atoms with Crippen molar-refractivity contribution in [3.63, 3.8) is 0 Å². The number of hydrogen-bond acceptors (Lipinski definition) is 6. The molecule has 6 nitrogen and oxygen atoms in total. The number of halogens is 1. The van der Waals surface area contributed by atoms with Crippen LogP contribution in [0.4, 0.5) is 0 Å². The average Bonchev–Trinajstić information content (AvgIpc) is 2.97. The molecule has 1 aromatic heterocycles. The average molecular weight is 485 g/mol. The normalized spacial score (nSPS) is 24.4. The van der Waals surface area contributed by atoms with Crippen LogP contribution in [0.1, 0.15) is 31.0 Å². The number of aromatic nitrogens is 1. The minimum Gasteiger partial charge on any atom is -0.507 e. The van der Waals surface area contributed by atoms with Crippen LogP contribution in [0, 0.1) is 5.92 Å². The maximum Gasteiger partial charge on any atom is 0.270 e. The molecule has 2 bridgehead atoms. The molecule has 0 saturated heterocycles. The highest BCUT2D eigenvalue weighted by Crippen LogP contribution is 2.47. The highest BCUT2D eigenvalue weighted by Gasteiger charge is 2.53. The molecule has 2 aromatic carbocycles. The van der Waals surface area contributed by atoms with Gasteiger partial charge in [0, 0.05) is 15.6 Å². The van der Waals surface area contributed by atoms with Crippen molar-refractivity contribution >= 4 is 39.1 Å². The van der Waals surface area contributed by atoms with E-state index in [9.17, 15) is 14.7 Å². The van der Waals surface area contributed by atoms with Gasteiger partial charge in [0.25, 0.3) is 5.56 Å². The lowest BCUT2D eigenvalue weighted by atomic mass is 9.79. The maximum atomic E-state index is 13.4. The van der Waals surface area contributed by atoms with Gasteiger partial charge in [0.2, 0.25) is 5.72 Å². The molecule has 3 heterocycles. The fraction of sp³-hybridized carbons (Fsp3) is 0.227. The Kier molecular flexibility index (Phi) is 4.27. The Bertz CT molecular complexity index is 1390. The summed E-state index contributed by atoms with van der Waals surface area (Å²) in [5, 5.41) is 10.2. The lowest BCUT2D eigenvalue weighted by Crippen LogP contribution is -2.58. The summed E-state index contributed by atoms with van der Waals surface area (Å²) in [4.78, 5) is 31.3. The first-order chi connectivity index (χ1) is 14.3. The van der Waals surface area contributed by atoms with Crippen molar-refractivity contribution in [3.05, 3.63) is 77.8 Å². The van der Waals surface area contributed by atoms with Gasteiger partial charge in [-0.05, 0) is 44.2 Å². The number of fused-ring (bicyclic) bond motifs is 6. The van der Waals surface area contributed by atoms with E-state index < -0.39 is 17.7 Å². The quantitative estimate of drug-likeness (QED) is 0.606. The Morgan fingerprint density at radius 1 is 1.33 bits per heavy atom. The van der Waals surface area contributed by atoms with E-state index in [2.05, 4.69) is 15.9 Å². The van der Waals surface area contributed by atoms with Crippen molar-refractivity contribution < 1.29 is 14.6 Å². The zero-order chi connectivity index (χ0) is 21.2. The van der Waals surface area contributed by atoms with E-state index >= 15 is 0 Å². The van der Waals surface area contributed by atoms with Crippen molar-refractivity contribution in [1.82, 2.24) is 4.57 Å². The lowest BCUT2D eigenvalue weighted by molar-refractivity contribution is -0.132. The van der Waals surface area contributed by atoms with E-state index in [0.717, 1.165) is 10.0 Å². The van der Waals surface area contributed by atoms with Gasteiger partial charge in [-0.25, -0.2) is 4.99 Å². The van der Waals surface area contributed by atoms with Crippen LogP contribution in [-0.2, 0) is 4.79 Å². The number of Topliss-reactive ketones (excluding diaryl/α,β-unsaturated/α-hetero) is 1. The smallest absolute Gasteiger partial charge is 0.270 e. The van der Waals surface area contributed by atoms with Gasteiger partial charge < -0.3 is 9.84 Å². The van der Waals surface area contributed by atoms with Crippen LogP contribution < -0.4 is 19.6 Å². The van der Waals surface area contributed by atoms with Gasteiger partial charge in [-0.1, -0.05) is 45.5 Å². The number of carbonyl (C=O) groups is 1. The molecule has 0 aliphatic carbocycles. The molecule has 2 aliphatic heterocycles.